The minimum absolute atomic E-state index is 0.00578. The summed E-state index contributed by atoms with van der Waals surface area (Å²) in [5.41, 5.74) is 0.745. The minimum atomic E-state index is -0.591. The topological polar surface area (TPSA) is 70.8 Å². The van der Waals surface area contributed by atoms with E-state index in [1.54, 1.807) is 31.2 Å². The molecule has 0 bridgehead atoms. The van der Waals surface area contributed by atoms with E-state index in [0.29, 0.717) is 23.6 Å². The molecule has 1 fully saturated rings. The Morgan fingerprint density at radius 1 is 1.12 bits per heavy atom. The van der Waals surface area contributed by atoms with Crippen molar-refractivity contribution < 1.29 is 14.3 Å². The fourth-order valence-electron chi connectivity index (χ4n) is 5.17. The molecule has 0 unspecified atom stereocenters. The van der Waals surface area contributed by atoms with Crippen LogP contribution in [-0.2, 0) is 4.79 Å². The molecule has 32 heavy (non-hydrogen) atoms. The fourth-order valence-corrected chi connectivity index (χ4v) is 5.17. The van der Waals surface area contributed by atoms with Gasteiger partial charge in [0.15, 0.2) is 0 Å². The lowest BCUT2D eigenvalue weighted by Gasteiger charge is -2.39. The van der Waals surface area contributed by atoms with Crippen molar-refractivity contribution >= 4 is 16.8 Å². The fraction of sp³-hybridized carbons (Fsp3) is 0.407. The van der Waals surface area contributed by atoms with Gasteiger partial charge in [0.25, 0.3) is 0 Å². The maximum Gasteiger partial charge on any atom is 0.343 e. The molecule has 3 atom stereocenters. The number of carbonyl (C=O) groups excluding carboxylic acids is 1. The zero-order valence-corrected chi connectivity index (χ0v) is 18.8. The van der Waals surface area contributed by atoms with Crippen LogP contribution in [0.2, 0.25) is 0 Å². The Labute approximate surface area is 188 Å². The summed E-state index contributed by atoms with van der Waals surface area (Å²) >= 11 is 0. The van der Waals surface area contributed by atoms with Gasteiger partial charge in [-0.25, -0.2) is 4.79 Å². The third-order valence-corrected chi connectivity index (χ3v) is 6.87. The van der Waals surface area contributed by atoms with E-state index in [1.807, 2.05) is 30.3 Å². The van der Waals surface area contributed by atoms with Gasteiger partial charge in [0.2, 0.25) is 0 Å². The second-order valence-corrected chi connectivity index (χ2v) is 8.81. The lowest BCUT2D eigenvalue weighted by molar-refractivity contribution is -0.122. The standard InChI is InChI=1S/C27H31NO4/c1-3-20-13-9-10-16-28(20)17-22(18(2)29)24(19-11-5-4-6-12-19)25-26(30)21-14-7-8-15-23(21)32-27(25)31/h4-8,11-12,14-15,20,22,24,30H,3,9-10,13,16-17H2,1-2H3/t20-,22-,24+/m1/s1. The summed E-state index contributed by atoms with van der Waals surface area (Å²) in [5.74, 6) is -1.15. The first kappa shape index (κ1) is 22.3. The van der Waals surface area contributed by atoms with E-state index in [-0.39, 0.29) is 17.1 Å². The molecule has 0 radical (unpaired) electrons. The molecule has 2 heterocycles. The van der Waals surface area contributed by atoms with E-state index < -0.39 is 17.5 Å². The van der Waals surface area contributed by atoms with Crippen LogP contribution in [0.3, 0.4) is 0 Å². The first-order valence-electron chi connectivity index (χ1n) is 11.6. The van der Waals surface area contributed by atoms with Crippen LogP contribution in [0.15, 0.2) is 63.8 Å². The van der Waals surface area contributed by atoms with Gasteiger partial charge >= 0.3 is 5.63 Å². The molecule has 2 aromatic carbocycles. The highest BCUT2D eigenvalue weighted by atomic mass is 16.4. The molecule has 0 saturated carbocycles. The highest BCUT2D eigenvalue weighted by molar-refractivity contribution is 5.86. The molecule has 3 aromatic rings. The molecule has 4 rings (SSSR count). The molecule has 5 nitrogen and oxygen atoms in total. The number of hydrogen-bond acceptors (Lipinski definition) is 5. The largest absolute Gasteiger partial charge is 0.507 e. The van der Waals surface area contributed by atoms with Crippen molar-refractivity contribution in [2.75, 3.05) is 13.1 Å². The number of nitrogens with zero attached hydrogens (tertiary/aromatic N) is 1. The van der Waals surface area contributed by atoms with E-state index in [0.717, 1.165) is 31.4 Å². The summed E-state index contributed by atoms with van der Waals surface area (Å²) in [6.07, 6.45) is 4.47. The normalized spacial score (nSPS) is 19.0. The summed E-state index contributed by atoms with van der Waals surface area (Å²) in [6, 6.07) is 16.9. The van der Waals surface area contributed by atoms with Crippen molar-refractivity contribution in [3.63, 3.8) is 0 Å². The highest BCUT2D eigenvalue weighted by Gasteiger charge is 2.36. The van der Waals surface area contributed by atoms with Gasteiger partial charge in [-0.15, -0.1) is 0 Å². The van der Waals surface area contributed by atoms with Crippen LogP contribution in [0.5, 0.6) is 5.75 Å². The third kappa shape index (κ3) is 4.35. The maximum absolute atomic E-state index is 13.2. The first-order chi connectivity index (χ1) is 15.5. The Kier molecular flexibility index (Phi) is 6.75. The third-order valence-electron chi connectivity index (χ3n) is 6.87. The minimum Gasteiger partial charge on any atom is -0.507 e. The van der Waals surface area contributed by atoms with Gasteiger partial charge in [-0.2, -0.15) is 0 Å². The predicted molar refractivity (Wildman–Crippen MR) is 126 cm³/mol. The van der Waals surface area contributed by atoms with E-state index in [4.69, 9.17) is 4.42 Å². The number of Topliss-reactive ketones (excluding diaryl/α,β-unsaturated/α-hetero) is 1. The van der Waals surface area contributed by atoms with Crippen molar-refractivity contribution in [1.82, 2.24) is 4.90 Å². The quantitative estimate of drug-likeness (QED) is 0.525. The van der Waals surface area contributed by atoms with Crippen LogP contribution in [0, 0.1) is 5.92 Å². The number of fused-ring (bicyclic) bond motifs is 1. The average molecular weight is 434 g/mol. The number of rotatable bonds is 7. The van der Waals surface area contributed by atoms with Crippen LogP contribution < -0.4 is 5.63 Å². The van der Waals surface area contributed by atoms with E-state index in [9.17, 15) is 14.7 Å². The predicted octanol–water partition coefficient (Wildman–Crippen LogP) is 5.10. The molecule has 0 amide bonds. The number of hydrogen-bond donors (Lipinski definition) is 1. The molecule has 0 aliphatic carbocycles. The number of likely N-dealkylation sites (tertiary alicyclic amines) is 1. The number of benzene rings is 2. The Morgan fingerprint density at radius 2 is 1.84 bits per heavy atom. The van der Waals surface area contributed by atoms with Crippen LogP contribution in [0.25, 0.3) is 11.0 Å². The zero-order chi connectivity index (χ0) is 22.7. The molecular formula is C27H31NO4. The van der Waals surface area contributed by atoms with Crippen LogP contribution in [0.1, 0.15) is 56.6 Å². The molecule has 168 valence electrons. The van der Waals surface area contributed by atoms with E-state index in [2.05, 4.69) is 11.8 Å². The lowest BCUT2D eigenvalue weighted by Crippen LogP contribution is -2.45. The SMILES string of the molecule is CC[C@@H]1CCCCN1C[C@H](C(C)=O)[C@H](c1ccccc1)c1c(O)c2ccccc2oc1=O. The molecule has 1 N–H and O–H groups in total. The highest BCUT2D eigenvalue weighted by Crippen LogP contribution is 2.39. The lowest BCUT2D eigenvalue weighted by atomic mass is 9.78. The molecule has 1 aliphatic heterocycles. The van der Waals surface area contributed by atoms with Crippen molar-refractivity contribution in [3.05, 3.63) is 76.1 Å². The second kappa shape index (κ2) is 9.70. The van der Waals surface area contributed by atoms with Crippen LogP contribution in [0.4, 0.5) is 0 Å². The summed E-state index contributed by atoms with van der Waals surface area (Å²) in [5, 5.41) is 11.7. The first-order valence-corrected chi connectivity index (χ1v) is 11.6. The Balaban J connectivity index is 1.86. The second-order valence-electron chi connectivity index (χ2n) is 8.81. The van der Waals surface area contributed by atoms with Crippen molar-refractivity contribution in [2.24, 2.45) is 5.92 Å². The van der Waals surface area contributed by atoms with Gasteiger partial charge in [0.1, 0.15) is 17.1 Å². The molecule has 1 saturated heterocycles. The molecule has 1 aromatic heterocycles. The number of piperidine rings is 1. The molecular weight excluding hydrogens is 402 g/mol. The van der Waals surface area contributed by atoms with Gasteiger partial charge in [0.05, 0.1) is 10.9 Å². The summed E-state index contributed by atoms with van der Waals surface area (Å²) < 4.78 is 5.60. The summed E-state index contributed by atoms with van der Waals surface area (Å²) in [4.78, 5) is 28.6. The maximum atomic E-state index is 13.2. The van der Waals surface area contributed by atoms with Crippen molar-refractivity contribution in [2.45, 2.75) is 51.5 Å². The Bertz CT molecular complexity index is 1140. The van der Waals surface area contributed by atoms with Gasteiger partial charge in [-0.1, -0.05) is 55.8 Å². The Hall–Kier alpha value is -2.92. The molecule has 1 aliphatic rings. The average Bonchev–Trinajstić information content (AvgIpc) is 2.81. The molecule has 5 heteroatoms. The summed E-state index contributed by atoms with van der Waals surface area (Å²) in [7, 11) is 0. The van der Waals surface area contributed by atoms with Gasteiger partial charge in [-0.3, -0.25) is 9.69 Å². The van der Waals surface area contributed by atoms with Gasteiger partial charge in [0, 0.05) is 24.4 Å². The van der Waals surface area contributed by atoms with Crippen molar-refractivity contribution in [1.29, 1.82) is 0 Å². The number of aromatic hydroxyl groups is 1. The molecule has 0 spiro atoms. The number of carbonyl (C=O) groups is 1. The van der Waals surface area contributed by atoms with Crippen molar-refractivity contribution in [3.8, 4) is 5.75 Å². The van der Waals surface area contributed by atoms with Crippen LogP contribution in [-0.4, -0.2) is 34.9 Å². The van der Waals surface area contributed by atoms with Crippen LogP contribution >= 0.6 is 0 Å². The number of ketones is 1. The van der Waals surface area contributed by atoms with Gasteiger partial charge < -0.3 is 9.52 Å². The smallest absolute Gasteiger partial charge is 0.343 e. The van der Waals surface area contributed by atoms with E-state index >= 15 is 0 Å². The number of para-hydroxylation sites is 1. The summed E-state index contributed by atoms with van der Waals surface area (Å²) in [6.45, 7) is 5.27. The van der Waals surface area contributed by atoms with E-state index in [1.165, 1.54) is 6.42 Å². The Morgan fingerprint density at radius 3 is 2.56 bits per heavy atom. The monoisotopic (exact) mass is 433 g/mol. The zero-order valence-electron chi connectivity index (χ0n) is 18.8. The van der Waals surface area contributed by atoms with Gasteiger partial charge in [-0.05, 0) is 50.4 Å².